The van der Waals surface area contributed by atoms with Crippen LogP contribution in [0.5, 0.6) is 17.4 Å². The SMILES string of the molecule is FC(F)(F)Oc1ccccc1Oc1nc(Cl)ncc1Cl. The maximum Gasteiger partial charge on any atom is 0.573 e. The minimum Gasteiger partial charge on any atom is -0.433 e. The standard InChI is InChI=1S/C11H5Cl2F3N2O2/c12-6-5-17-10(13)18-9(6)19-7-3-1-2-4-8(7)20-11(14,15)16/h1-5H. The second-order valence-corrected chi connectivity index (χ2v) is 4.13. The van der Waals surface area contributed by atoms with Gasteiger partial charge in [0.05, 0.1) is 6.20 Å². The first-order valence-electron chi connectivity index (χ1n) is 5.06. The van der Waals surface area contributed by atoms with Gasteiger partial charge in [-0.1, -0.05) is 23.7 Å². The van der Waals surface area contributed by atoms with Crippen LogP contribution in [0.3, 0.4) is 0 Å². The van der Waals surface area contributed by atoms with Crippen molar-refractivity contribution in [3.63, 3.8) is 0 Å². The Morgan fingerprint density at radius 3 is 2.35 bits per heavy atom. The van der Waals surface area contributed by atoms with E-state index >= 15 is 0 Å². The number of hydrogen-bond acceptors (Lipinski definition) is 4. The molecule has 20 heavy (non-hydrogen) atoms. The molecule has 0 saturated carbocycles. The quantitative estimate of drug-likeness (QED) is 0.781. The van der Waals surface area contributed by atoms with Gasteiger partial charge >= 0.3 is 6.36 Å². The molecule has 0 amide bonds. The Bertz CT molecular complexity index is 623. The van der Waals surface area contributed by atoms with E-state index < -0.39 is 12.1 Å². The minimum atomic E-state index is -4.84. The highest BCUT2D eigenvalue weighted by atomic mass is 35.5. The average Bonchev–Trinajstić information content (AvgIpc) is 2.34. The molecule has 0 saturated heterocycles. The van der Waals surface area contributed by atoms with E-state index in [0.717, 1.165) is 6.07 Å². The molecule has 0 aliphatic heterocycles. The van der Waals surface area contributed by atoms with Crippen molar-refractivity contribution in [2.24, 2.45) is 0 Å². The Labute approximate surface area is 121 Å². The molecule has 9 heteroatoms. The average molecular weight is 325 g/mol. The number of nitrogens with zero attached hydrogens (tertiary/aromatic N) is 2. The molecule has 1 aromatic heterocycles. The molecule has 0 fully saturated rings. The van der Waals surface area contributed by atoms with E-state index in [9.17, 15) is 13.2 Å². The lowest BCUT2D eigenvalue weighted by Crippen LogP contribution is -2.17. The fourth-order valence-corrected chi connectivity index (χ4v) is 1.51. The maximum absolute atomic E-state index is 12.3. The minimum absolute atomic E-state index is 0.00351. The molecule has 0 spiro atoms. The Morgan fingerprint density at radius 1 is 1.05 bits per heavy atom. The first-order chi connectivity index (χ1) is 9.35. The zero-order valence-corrected chi connectivity index (χ0v) is 11.0. The van der Waals surface area contributed by atoms with Crippen LogP contribution in [0.15, 0.2) is 30.5 Å². The number of halogens is 5. The van der Waals surface area contributed by atoms with Gasteiger partial charge in [0.15, 0.2) is 11.5 Å². The Morgan fingerprint density at radius 2 is 1.70 bits per heavy atom. The molecule has 0 aliphatic rings. The van der Waals surface area contributed by atoms with Gasteiger partial charge in [-0.15, -0.1) is 13.2 Å². The number of benzene rings is 1. The first kappa shape index (κ1) is 14.7. The van der Waals surface area contributed by atoms with Crippen LogP contribution in [0.4, 0.5) is 13.2 Å². The predicted octanol–water partition coefficient (Wildman–Crippen LogP) is 4.47. The number of aromatic nitrogens is 2. The van der Waals surface area contributed by atoms with Crippen molar-refractivity contribution in [1.82, 2.24) is 9.97 Å². The van der Waals surface area contributed by atoms with E-state index in [1.807, 2.05) is 0 Å². The lowest BCUT2D eigenvalue weighted by atomic mass is 10.3. The van der Waals surface area contributed by atoms with Gasteiger partial charge in [-0.2, -0.15) is 4.98 Å². The van der Waals surface area contributed by atoms with Crippen LogP contribution in [-0.2, 0) is 0 Å². The van der Waals surface area contributed by atoms with Gasteiger partial charge in [0.25, 0.3) is 0 Å². The molecule has 0 bridgehead atoms. The lowest BCUT2D eigenvalue weighted by Gasteiger charge is -2.13. The summed E-state index contributed by atoms with van der Waals surface area (Å²) in [6, 6.07) is 5.20. The van der Waals surface area contributed by atoms with Crippen LogP contribution >= 0.6 is 23.2 Å². The normalized spacial score (nSPS) is 11.2. The first-order valence-corrected chi connectivity index (χ1v) is 5.81. The zero-order valence-electron chi connectivity index (χ0n) is 9.49. The maximum atomic E-state index is 12.3. The molecular weight excluding hydrogens is 320 g/mol. The topological polar surface area (TPSA) is 44.2 Å². The molecule has 1 heterocycles. The molecular formula is C11H5Cl2F3N2O2. The monoisotopic (exact) mass is 324 g/mol. The third-order valence-electron chi connectivity index (χ3n) is 1.96. The molecule has 0 atom stereocenters. The summed E-state index contributed by atoms with van der Waals surface area (Å²) < 4.78 is 45.8. The Kier molecular flexibility index (Phi) is 4.20. The molecule has 0 unspecified atom stereocenters. The van der Waals surface area contributed by atoms with Gasteiger partial charge < -0.3 is 9.47 Å². The molecule has 1 aromatic carbocycles. The molecule has 0 radical (unpaired) electrons. The third-order valence-corrected chi connectivity index (χ3v) is 2.41. The largest absolute Gasteiger partial charge is 0.573 e. The van der Waals surface area contributed by atoms with Crippen LogP contribution in [0.1, 0.15) is 0 Å². The predicted molar refractivity (Wildman–Crippen MR) is 65.3 cm³/mol. The molecule has 0 aliphatic carbocycles. The van der Waals surface area contributed by atoms with Crippen molar-refractivity contribution in [2.75, 3.05) is 0 Å². The van der Waals surface area contributed by atoms with Crippen molar-refractivity contribution in [3.05, 3.63) is 40.8 Å². The summed E-state index contributed by atoms with van der Waals surface area (Å²) in [4.78, 5) is 7.26. The van der Waals surface area contributed by atoms with Gasteiger partial charge in [0, 0.05) is 0 Å². The Hall–Kier alpha value is -1.73. The van der Waals surface area contributed by atoms with Crippen LogP contribution in [-0.4, -0.2) is 16.3 Å². The fourth-order valence-electron chi connectivity index (χ4n) is 1.25. The highest BCUT2D eigenvalue weighted by Crippen LogP contribution is 2.36. The van der Waals surface area contributed by atoms with Crippen molar-refractivity contribution in [1.29, 1.82) is 0 Å². The van der Waals surface area contributed by atoms with E-state index in [1.165, 1.54) is 24.4 Å². The number of alkyl halides is 3. The lowest BCUT2D eigenvalue weighted by molar-refractivity contribution is -0.275. The number of ether oxygens (including phenoxy) is 2. The third kappa shape index (κ3) is 3.88. The highest BCUT2D eigenvalue weighted by Gasteiger charge is 2.32. The van der Waals surface area contributed by atoms with Crippen LogP contribution in [0, 0.1) is 0 Å². The van der Waals surface area contributed by atoms with E-state index in [2.05, 4.69) is 14.7 Å². The summed E-state index contributed by atoms with van der Waals surface area (Å²) in [6.45, 7) is 0. The Balaban J connectivity index is 2.32. The summed E-state index contributed by atoms with van der Waals surface area (Å²) >= 11 is 11.3. The van der Waals surface area contributed by atoms with Crippen molar-refractivity contribution in [3.8, 4) is 17.4 Å². The molecule has 2 aromatic rings. The van der Waals surface area contributed by atoms with Crippen LogP contribution < -0.4 is 9.47 Å². The molecule has 106 valence electrons. The molecule has 2 rings (SSSR count). The summed E-state index contributed by atoms with van der Waals surface area (Å²) in [5.41, 5.74) is 0. The van der Waals surface area contributed by atoms with Gasteiger partial charge in [-0.3, -0.25) is 0 Å². The number of hydrogen-bond donors (Lipinski definition) is 0. The van der Waals surface area contributed by atoms with E-state index in [0.29, 0.717) is 0 Å². The van der Waals surface area contributed by atoms with Crippen molar-refractivity contribution >= 4 is 23.2 Å². The smallest absolute Gasteiger partial charge is 0.433 e. The second kappa shape index (κ2) is 5.72. The van der Waals surface area contributed by atoms with Gasteiger partial charge in [0.1, 0.15) is 5.02 Å². The number of para-hydroxylation sites is 2. The summed E-state index contributed by atoms with van der Waals surface area (Å²) in [5.74, 6) is -0.905. The van der Waals surface area contributed by atoms with Crippen LogP contribution in [0.2, 0.25) is 10.3 Å². The van der Waals surface area contributed by atoms with Crippen molar-refractivity contribution < 1.29 is 22.6 Å². The van der Waals surface area contributed by atoms with Crippen molar-refractivity contribution in [2.45, 2.75) is 6.36 Å². The summed E-state index contributed by atoms with van der Waals surface area (Å²) in [5, 5.41) is -0.158. The second-order valence-electron chi connectivity index (χ2n) is 3.39. The van der Waals surface area contributed by atoms with Crippen LogP contribution in [0.25, 0.3) is 0 Å². The fraction of sp³-hybridized carbons (Fsp3) is 0.0909. The molecule has 4 nitrogen and oxygen atoms in total. The molecule has 0 N–H and O–H groups in total. The number of rotatable bonds is 3. The van der Waals surface area contributed by atoms with E-state index in [4.69, 9.17) is 27.9 Å². The van der Waals surface area contributed by atoms with Gasteiger partial charge in [0.2, 0.25) is 11.2 Å². The van der Waals surface area contributed by atoms with Gasteiger partial charge in [-0.25, -0.2) is 4.98 Å². The van der Waals surface area contributed by atoms with E-state index in [-0.39, 0.29) is 21.9 Å². The van der Waals surface area contributed by atoms with Gasteiger partial charge in [-0.05, 0) is 23.7 Å². The summed E-state index contributed by atoms with van der Waals surface area (Å²) in [6.07, 6.45) is -3.67. The zero-order chi connectivity index (χ0) is 14.8. The summed E-state index contributed by atoms with van der Waals surface area (Å²) in [7, 11) is 0. The highest BCUT2D eigenvalue weighted by molar-refractivity contribution is 6.32. The van der Waals surface area contributed by atoms with E-state index in [1.54, 1.807) is 0 Å².